The number of nitrogens with one attached hydrogen (secondary N) is 2. The quantitative estimate of drug-likeness (QED) is 0.381. The van der Waals surface area contributed by atoms with Crippen molar-refractivity contribution in [2.24, 2.45) is 0 Å². The summed E-state index contributed by atoms with van der Waals surface area (Å²) in [4.78, 5) is 31.5. The molecule has 1 saturated heterocycles. The lowest BCUT2D eigenvalue weighted by Gasteiger charge is -2.34. The van der Waals surface area contributed by atoms with E-state index in [-0.39, 0.29) is 24.1 Å². The molecule has 2 heterocycles. The number of ether oxygens (including phenoxy) is 1. The summed E-state index contributed by atoms with van der Waals surface area (Å²) in [6, 6.07) is 20.6. The lowest BCUT2D eigenvalue weighted by Crippen LogP contribution is -2.53. The van der Waals surface area contributed by atoms with Gasteiger partial charge in [0.15, 0.2) is 0 Å². The monoisotopic (exact) mass is 471 g/mol. The third-order valence-electron chi connectivity index (χ3n) is 6.61. The zero-order valence-corrected chi connectivity index (χ0v) is 19.4. The van der Waals surface area contributed by atoms with E-state index in [0.29, 0.717) is 30.2 Å². The number of aromatic nitrogens is 1. The second kappa shape index (κ2) is 9.25. The van der Waals surface area contributed by atoms with Crippen molar-refractivity contribution in [3.8, 4) is 11.5 Å². The number of H-pyrrole nitrogens is 1. The van der Waals surface area contributed by atoms with Crippen LogP contribution in [0.1, 0.15) is 25.3 Å². The smallest absolute Gasteiger partial charge is 0.250 e. The molecular formula is C28H26FN3O3. The van der Waals surface area contributed by atoms with Crippen LogP contribution in [0.5, 0.6) is 11.5 Å². The van der Waals surface area contributed by atoms with E-state index in [4.69, 9.17) is 4.74 Å². The van der Waals surface area contributed by atoms with Gasteiger partial charge in [0.25, 0.3) is 0 Å². The number of amides is 2. The second-order valence-electron chi connectivity index (χ2n) is 8.99. The molecule has 1 fully saturated rings. The number of hydrogen-bond donors (Lipinski definition) is 2. The van der Waals surface area contributed by atoms with Crippen molar-refractivity contribution in [1.29, 1.82) is 0 Å². The summed E-state index contributed by atoms with van der Waals surface area (Å²) in [6.45, 7) is 2.38. The van der Waals surface area contributed by atoms with Crippen LogP contribution in [0.15, 0.2) is 79.0 Å². The van der Waals surface area contributed by atoms with Gasteiger partial charge in [-0.25, -0.2) is 4.39 Å². The Bertz CT molecular complexity index is 1360. The molecule has 1 aliphatic heterocycles. The van der Waals surface area contributed by atoms with Gasteiger partial charge in [0.2, 0.25) is 11.8 Å². The number of carbonyl (C=O) groups excluding carboxylic acids is 2. The van der Waals surface area contributed by atoms with Crippen molar-refractivity contribution in [3.05, 3.63) is 90.4 Å². The summed E-state index contributed by atoms with van der Waals surface area (Å²) in [5.74, 6) is 0.482. The lowest BCUT2D eigenvalue weighted by atomic mass is 9.96. The largest absolute Gasteiger partial charge is 0.457 e. The molecule has 5 rings (SSSR count). The van der Waals surface area contributed by atoms with Crippen LogP contribution in [0.2, 0.25) is 0 Å². The van der Waals surface area contributed by atoms with Crippen molar-refractivity contribution in [2.75, 3.05) is 11.9 Å². The van der Waals surface area contributed by atoms with Crippen molar-refractivity contribution in [2.45, 2.75) is 31.7 Å². The van der Waals surface area contributed by atoms with Gasteiger partial charge in [0.05, 0.1) is 6.42 Å². The lowest BCUT2D eigenvalue weighted by molar-refractivity contribution is -0.141. The Morgan fingerprint density at radius 3 is 2.46 bits per heavy atom. The number of benzene rings is 3. The summed E-state index contributed by atoms with van der Waals surface area (Å²) in [5, 5.41) is 3.97. The molecule has 0 spiro atoms. The fourth-order valence-corrected chi connectivity index (χ4v) is 4.65. The maximum Gasteiger partial charge on any atom is 0.250 e. The van der Waals surface area contributed by atoms with Crippen molar-refractivity contribution in [1.82, 2.24) is 9.88 Å². The van der Waals surface area contributed by atoms with E-state index in [1.54, 1.807) is 41.3 Å². The highest BCUT2D eigenvalue weighted by molar-refractivity contribution is 6.01. The molecule has 1 aromatic heterocycles. The van der Waals surface area contributed by atoms with E-state index in [1.807, 2.05) is 37.4 Å². The van der Waals surface area contributed by atoms with Gasteiger partial charge in [0, 0.05) is 29.3 Å². The average Bonchev–Trinajstić information content (AvgIpc) is 3.46. The van der Waals surface area contributed by atoms with Crippen molar-refractivity contribution < 1.29 is 18.7 Å². The minimum absolute atomic E-state index is 0.0621. The molecule has 0 radical (unpaired) electrons. The molecule has 1 atom stereocenters. The number of nitrogens with zero attached hydrogens (tertiary/aromatic N) is 1. The van der Waals surface area contributed by atoms with E-state index in [1.165, 1.54) is 12.1 Å². The van der Waals surface area contributed by atoms with E-state index >= 15 is 0 Å². The molecule has 0 saturated carbocycles. The van der Waals surface area contributed by atoms with Crippen LogP contribution >= 0.6 is 0 Å². The SMILES string of the molecule is CC1(C(=O)Nc2ccc(Oc3ccc(F)cc3)cc2)CCCN1C(=O)Cc1c[nH]c2ccccc12. The van der Waals surface area contributed by atoms with Gasteiger partial charge in [-0.15, -0.1) is 0 Å². The Morgan fingerprint density at radius 1 is 1.03 bits per heavy atom. The predicted molar refractivity (Wildman–Crippen MR) is 133 cm³/mol. The van der Waals surface area contributed by atoms with Crippen LogP contribution in [0.25, 0.3) is 10.9 Å². The topological polar surface area (TPSA) is 74.4 Å². The van der Waals surface area contributed by atoms with Gasteiger partial charge in [-0.2, -0.15) is 0 Å². The van der Waals surface area contributed by atoms with E-state index in [0.717, 1.165) is 22.9 Å². The molecule has 7 heteroatoms. The van der Waals surface area contributed by atoms with Crippen LogP contribution in [0.3, 0.4) is 0 Å². The summed E-state index contributed by atoms with van der Waals surface area (Å²) >= 11 is 0. The number of carbonyl (C=O) groups is 2. The van der Waals surface area contributed by atoms with Gasteiger partial charge in [-0.1, -0.05) is 18.2 Å². The van der Waals surface area contributed by atoms with Crippen LogP contribution in [-0.2, 0) is 16.0 Å². The van der Waals surface area contributed by atoms with Gasteiger partial charge in [0.1, 0.15) is 22.9 Å². The fourth-order valence-electron chi connectivity index (χ4n) is 4.65. The van der Waals surface area contributed by atoms with Gasteiger partial charge in [-0.05, 0) is 79.9 Å². The number of aromatic amines is 1. The fraction of sp³-hybridized carbons (Fsp3) is 0.214. The first kappa shape index (κ1) is 22.7. The second-order valence-corrected chi connectivity index (χ2v) is 8.99. The summed E-state index contributed by atoms with van der Waals surface area (Å²) in [5.41, 5.74) is 1.60. The number of rotatable bonds is 6. The number of halogens is 1. The summed E-state index contributed by atoms with van der Waals surface area (Å²) < 4.78 is 18.8. The molecule has 1 unspecified atom stereocenters. The maximum atomic E-state index is 13.3. The van der Waals surface area contributed by atoms with Crippen LogP contribution in [-0.4, -0.2) is 33.8 Å². The predicted octanol–water partition coefficient (Wildman–Crippen LogP) is 5.66. The Labute approximate surface area is 202 Å². The van der Waals surface area contributed by atoms with Crippen molar-refractivity contribution in [3.63, 3.8) is 0 Å². The maximum absolute atomic E-state index is 13.3. The number of para-hydroxylation sites is 1. The Kier molecular flexibility index (Phi) is 5.99. The zero-order valence-electron chi connectivity index (χ0n) is 19.4. The molecule has 1 aliphatic rings. The third kappa shape index (κ3) is 4.62. The molecule has 2 N–H and O–H groups in total. The molecule has 3 aromatic carbocycles. The Balaban J connectivity index is 1.25. The molecule has 35 heavy (non-hydrogen) atoms. The minimum Gasteiger partial charge on any atom is -0.457 e. The summed E-state index contributed by atoms with van der Waals surface area (Å²) in [7, 11) is 0. The molecule has 2 amide bonds. The highest BCUT2D eigenvalue weighted by atomic mass is 19.1. The normalized spacial score (nSPS) is 17.5. The Hall–Kier alpha value is -4.13. The molecular weight excluding hydrogens is 445 g/mol. The zero-order chi connectivity index (χ0) is 24.4. The van der Waals surface area contributed by atoms with E-state index < -0.39 is 5.54 Å². The highest BCUT2D eigenvalue weighted by Gasteiger charge is 2.45. The number of anilines is 1. The first-order valence-electron chi connectivity index (χ1n) is 11.6. The van der Waals surface area contributed by atoms with Crippen LogP contribution in [0, 0.1) is 5.82 Å². The average molecular weight is 472 g/mol. The Morgan fingerprint density at radius 2 is 1.71 bits per heavy atom. The standard InChI is InChI=1S/C28H26FN3O3/c1-28(15-4-16-32(28)26(33)17-19-18-30-25-6-3-2-5-24(19)25)27(34)31-21-9-13-23(14-10-21)35-22-11-7-20(29)8-12-22/h2-3,5-14,18,30H,4,15-17H2,1H3,(H,31,34). The highest BCUT2D eigenvalue weighted by Crippen LogP contribution is 2.32. The van der Waals surface area contributed by atoms with E-state index in [9.17, 15) is 14.0 Å². The van der Waals surface area contributed by atoms with Crippen molar-refractivity contribution >= 4 is 28.4 Å². The van der Waals surface area contributed by atoms with Gasteiger partial charge in [-0.3, -0.25) is 9.59 Å². The summed E-state index contributed by atoms with van der Waals surface area (Å²) in [6.07, 6.45) is 3.48. The number of likely N-dealkylation sites (tertiary alicyclic amines) is 1. The third-order valence-corrected chi connectivity index (χ3v) is 6.61. The van der Waals surface area contributed by atoms with Gasteiger partial charge >= 0.3 is 0 Å². The van der Waals surface area contributed by atoms with Crippen LogP contribution in [0.4, 0.5) is 10.1 Å². The van der Waals surface area contributed by atoms with Crippen LogP contribution < -0.4 is 10.1 Å². The molecule has 6 nitrogen and oxygen atoms in total. The van der Waals surface area contributed by atoms with E-state index in [2.05, 4.69) is 10.3 Å². The first-order valence-corrected chi connectivity index (χ1v) is 11.6. The number of hydrogen-bond acceptors (Lipinski definition) is 3. The van der Waals surface area contributed by atoms with Gasteiger partial charge < -0.3 is 19.9 Å². The molecule has 0 aliphatic carbocycles. The molecule has 178 valence electrons. The first-order chi connectivity index (χ1) is 16.9. The number of fused-ring (bicyclic) bond motifs is 1. The molecule has 4 aromatic rings. The molecule has 0 bridgehead atoms. The minimum atomic E-state index is -0.924.